The minimum absolute atomic E-state index is 0.0182. The molecule has 1 saturated heterocycles. The molecule has 1 fully saturated rings. The van der Waals surface area contributed by atoms with Gasteiger partial charge in [0.25, 0.3) is 5.56 Å². The van der Waals surface area contributed by atoms with Gasteiger partial charge in [0.1, 0.15) is 5.15 Å². The van der Waals surface area contributed by atoms with Gasteiger partial charge in [0, 0.05) is 12.6 Å². The zero-order chi connectivity index (χ0) is 12.6. The maximum absolute atomic E-state index is 11.5. The lowest BCUT2D eigenvalue weighted by atomic mass is 10.1. The number of aromatic amines is 1. The maximum Gasteiger partial charge on any atom is 0.329 e. The Bertz CT molecular complexity index is 614. The Hall–Kier alpha value is -1.08. The van der Waals surface area contributed by atoms with Crippen LogP contribution in [0.2, 0.25) is 5.15 Å². The molecular weight excluding hydrogens is 268 g/mol. The molecule has 2 rings (SSSR count). The van der Waals surface area contributed by atoms with E-state index in [1.54, 1.807) is 0 Å². The predicted octanol–water partition coefficient (Wildman–Crippen LogP) is -0.375. The number of hydrogen-bond donors (Lipinski definition) is 1. The Kier molecular flexibility index (Phi) is 3.13. The Morgan fingerprint density at radius 2 is 2.18 bits per heavy atom. The third-order valence-electron chi connectivity index (χ3n) is 2.76. The largest absolute Gasteiger partial charge is 0.329 e. The molecule has 0 aromatic carbocycles. The van der Waals surface area contributed by atoms with Crippen LogP contribution in [0.5, 0.6) is 0 Å². The molecule has 0 spiro atoms. The van der Waals surface area contributed by atoms with Gasteiger partial charge in [0.2, 0.25) is 0 Å². The van der Waals surface area contributed by atoms with Crippen molar-refractivity contribution in [2.75, 3.05) is 11.5 Å². The van der Waals surface area contributed by atoms with Crippen molar-refractivity contribution in [1.82, 2.24) is 9.55 Å². The first kappa shape index (κ1) is 12.4. The van der Waals surface area contributed by atoms with Crippen LogP contribution >= 0.6 is 11.6 Å². The van der Waals surface area contributed by atoms with Crippen LogP contribution in [-0.2, 0) is 16.4 Å². The van der Waals surface area contributed by atoms with Crippen molar-refractivity contribution in [3.05, 3.63) is 32.1 Å². The second-order valence-electron chi connectivity index (χ2n) is 4.14. The predicted molar refractivity (Wildman–Crippen MR) is 63.1 cm³/mol. The van der Waals surface area contributed by atoms with Crippen LogP contribution in [0.3, 0.4) is 0 Å². The van der Waals surface area contributed by atoms with Gasteiger partial charge in [0.15, 0.2) is 9.84 Å². The number of sulfone groups is 1. The second kappa shape index (κ2) is 4.30. The van der Waals surface area contributed by atoms with Crippen LogP contribution in [0.1, 0.15) is 6.42 Å². The Balaban J connectivity index is 2.27. The van der Waals surface area contributed by atoms with Gasteiger partial charge in [-0.1, -0.05) is 11.6 Å². The lowest BCUT2D eigenvalue weighted by molar-refractivity contribution is 0.465. The fourth-order valence-electron chi connectivity index (χ4n) is 1.94. The Labute approximate surface area is 102 Å². The first-order chi connectivity index (χ1) is 7.87. The lowest BCUT2D eigenvalue weighted by Crippen LogP contribution is -2.36. The highest BCUT2D eigenvalue weighted by Crippen LogP contribution is 2.19. The second-order valence-corrected chi connectivity index (χ2v) is 6.78. The summed E-state index contributed by atoms with van der Waals surface area (Å²) >= 11 is 5.52. The van der Waals surface area contributed by atoms with E-state index in [0.29, 0.717) is 6.42 Å². The van der Waals surface area contributed by atoms with Crippen molar-refractivity contribution < 1.29 is 8.42 Å². The number of halogens is 1. The molecule has 1 aliphatic heterocycles. The number of rotatable bonds is 2. The van der Waals surface area contributed by atoms with Crippen molar-refractivity contribution in [2.45, 2.75) is 13.0 Å². The summed E-state index contributed by atoms with van der Waals surface area (Å²) < 4.78 is 23.5. The van der Waals surface area contributed by atoms with Gasteiger partial charge < -0.3 is 0 Å². The van der Waals surface area contributed by atoms with Crippen LogP contribution in [0.15, 0.2) is 15.7 Å². The molecule has 8 heteroatoms. The highest BCUT2D eigenvalue weighted by atomic mass is 35.5. The fraction of sp³-hybridized carbons (Fsp3) is 0.556. The summed E-state index contributed by atoms with van der Waals surface area (Å²) in [5.74, 6) is -0.0284. The van der Waals surface area contributed by atoms with Crippen LogP contribution < -0.4 is 11.2 Å². The number of hydrogen-bond acceptors (Lipinski definition) is 4. The van der Waals surface area contributed by atoms with E-state index >= 15 is 0 Å². The molecular formula is C9H11ClN2O4S. The third-order valence-corrected chi connectivity index (χ3v) is 4.80. The molecule has 1 aromatic heterocycles. The van der Waals surface area contributed by atoms with Crippen LogP contribution in [-0.4, -0.2) is 29.5 Å². The quantitative estimate of drug-likeness (QED) is 0.747. The summed E-state index contributed by atoms with van der Waals surface area (Å²) in [6.07, 6.45) is 0.483. The molecule has 0 saturated carbocycles. The number of nitrogens with zero attached hydrogens (tertiary/aromatic N) is 1. The SMILES string of the molecule is O=c1cc(Cl)[nH]c(=O)n1CC1CCS(=O)(=O)C1. The lowest BCUT2D eigenvalue weighted by Gasteiger charge is -2.08. The Morgan fingerprint density at radius 1 is 1.47 bits per heavy atom. The highest BCUT2D eigenvalue weighted by molar-refractivity contribution is 7.91. The van der Waals surface area contributed by atoms with E-state index in [0.717, 1.165) is 10.6 Å². The molecule has 17 heavy (non-hydrogen) atoms. The summed E-state index contributed by atoms with van der Waals surface area (Å²) in [6.45, 7) is 0.116. The highest BCUT2D eigenvalue weighted by Gasteiger charge is 2.28. The van der Waals surface area contributed by atoms with Gasteiger partial charge in [0.05, 0.1) is 11.5 Å². The van der Waals surface area contributed by atoms with E-state index in [1.807, 2.05) is 0 Å². The first-order valence-electron chi connectivity index (χ1n) is 5.07. The molecule has 0 amide bonds. The standard InChI is InChI=1S/C9H11ClN2O4S/c10-7-3-8(13)12(9(14)11-7)4-6-1-2-17(15,16)5-6/h3,6H,1-2,4-5H2,(H,11,14). The molecule has 1 unspecified atom stereocenters. The van der Waals surface area contributed by atoms with E-state index < -0.39 is 21.1 Å². The van der Waals surface area contributed by atoms with Crippen LogP contribution in [0.4, 0.5) is 0 Å². The number of aromatic nitrogens is 2. The summed E-state index contributed by atoms with van der Waals surface area (Å²) in [5, 5.41) is -0.0182. The van der Waals surface area contributed by atoms with E-state index in [4.69, 9.17) is 11.6 Å². The molecule has 1 aliphatic rings. The van der Waals surface area contributed by atoms with Crippen LogP contribution in [0, 0.1) is 5.92 Å². The molecule has 1 atom stereocenters. The average Bonchev–Trinajstić information content (AvgIpc) is 2.52. The molecule has 0 radical (unpaired) electrons. The first-order valence-corrected chi connectivity index (χ1v) is 7.27. The van der Waals surface area contributed by atoms with Crippen molar-refractivity contribution in [1.29, 1.82) is 0 Å². The van der Waals surface area contributed by atoms with E-state index in [1.165, 1.54) is 0 Å². The molecule has 2 heterocycles. The average molecular weight is 279 g/mol. The Morgan fingerprint density at radius 3 is 2.71 bits per heavy atom. The minimum Gasteiger partial charge on any atom is -0.298 e. The van der Waals surface area contributed by atoms with Crippen molar-refractivity contribution in [2.24, 2.45) is 5.92 Å². The van der Waals surface area contributed by atoms with E-state index in [-0.39, 0.29) is 29.1 Å². The fourth-order valence-corrected chi connectivity index (χ4v) is 3.96. The summed E-state index contributed by atoms with van der Waals surface area (Å²) in [5.41, 5.74) is -1.12. The normalized spacial score (nSPS) is 22.8. The molecule has 1 aromatic rings. The van der Waals surface area contributed by atoms with Crippen molar-refractivity contribution in [3.8, 4) is 0 Å². The number of H-pyrrole nitrogens is 1. The maximum atomic E-state index is 11.5. The van der Waals surface area contributed by atoms with Crippen molar-refractivity contribution >= 4 is 21.4 Å². The van der Waals surface area contributed by atoms with E-state index in [9.17, 15) is 18.0 Å². The molecule has 6 nitrogen and oxygen atoms in total. The van der Waals surface area contributed by atoms with Gasteiger partial charge >= 0.3 is 5.69 Å². The topological polar surface area (TPSA) is 89.0 Å². The van der Waals surface area contributed by atoms with Gasteiger partial charge in [-0.25, -0.2) is 13.2 Å². The van der Waals surface area contributed by atoms with Crippen LogP contribution in [0.25, 0.3) is 0 Å². The van der Waals surface area contributed by atoms with Crippen molar-refractivity contribution in [3.63, 3.8) is 0 Å². The molecule has 0 aliphatic carbocycles. The smallest absolute Gasteiger partial charge is 0.298 e. The number of nitrogens with one attached hydrogen (secondary N) is 1. The van der Waals surface area contributed by atoms with Gasteiger partial charge in [-0.3, -0.25) is 14.3 Å². The van der Waals surface area contributed by atoms with Gasteiger partial charge in [-0.05, 0) is 12.3 Å². The van der Waals surface area contributed by atoms with E-state index in [2.05, 4.69) is 4.98 Å². The molecule has 0 bridgehead atoms. The third kappa shape index (κ3) is 2.78. The zero-order valence-electron chi connectivity index (χ0n) is 8.85. The van der Waals surface area contributed by atoms with Gasteiger partial charge in [-0.15, -0.1) is 0 Å². The summed E-state index contributed by atoms with van der Waals surface area (Å²) in [7, 11) is -3.00. The van der Waals surface area contributed by atoms with Gasteiger partial charge in [-0.2, -0.15) is 0 Å². The summed E-state index contributed by atoms with van der Waals surface area (Å²) in [4.78, 5) is 25.3. The monoisotopic (exact) mass is 278 g/mol. The molecule has 94 valence electrons. The molecule has 1 N–H and O–H groups in total. The summed E-state index contributed by atoms with van der Waals surface area (Å²) in [6, 6.07) is 1.10. The minimum atomic E-state index is -3.00. The zero-order valence-corrected chi connectivity index (χ0v) is 10.4.